The highest BCUT2D eigenvalue weighted by Gasteiger charge is 2.13. The maximum absolute atomic E-state index is 11.8. The number of aryl methyl sites for hydroxylation is 1. The Balaban J connectivity index is 2.07. The van der Waals surface area contributed by atoms with Gasteiger partial charge >= 0.3 is 0 Å². The summed E-state index contributed by atoms with van der Waals surface area (Å²) in [4.78, 5) is 15.8. The van der Waals surface area contributed by atoms with Crippen LogP contribution in [0.4, 0.5) is 0 Å². The number of amides is 1. The molecule has 0 bridgehead atoms. The molecule has 0 saturated heterocycles. The molecule has 5 heteroatoms. The number of nitrogens with zero attached hydrogens (tertiary/aromatic N) is 2. The smallest absolute Gasteiger partial charge is 0.220 e. The first-order valence-electron chi connectivity index (χ1n) is 7.54. The van der Waals surface area contributed by atoms with Crippen molar-refractivity contribution in [1.82, 2.24) is 14.9 Å². The molecule has 114 valence electrons. The molecule has 1 heterocycles. The molecule has 0 spiro atoms. The van der Waals surface area contributed by atoms with Gasteiger partial charge in [0.15, 0.2) is 0 Å². The summed E-state index contributed by atoms with van der Waals surface area (Å²) in [6, 6.07) is 0. The van der Waals surface area contributed by atoms with E-state index in [2.05, 4.69) is 28.7 Å². The molecule has 1 atom stereocenters. The topological polar surface area (TPSA) is 72.9 Å². The second kappa shape index (κ2) is 9.53. The first-order chi connectivity index (χ1) is 9.61. The van der Waals surface area contributed by atoms with E-state index in [-0.39, 0.29) is 5.91 Å². The Kier molecular flexibility index (Phi) is 7.95. The number of imidazole rings is 1. The number of hydrogen-bond acceptors (Lipinski definition) is 3. The first kappa shape index (κ1) is 16.7. The van der Waals surface area contributed by atoms with Gasteiger partial charge in [-0.2, -0.15) is 0 Å². The lowest BCUT2D eigenvalue weighted by atomic mass is 9.94. The van der Waals surface area contributed by atoms with Crippen molar-refractivity contribution in [3.8, 4) is 0 Å². The van der Waals surface area contributed by atoms with Gasteiger partial charge in [-0.3, -0.25) is 4.79 Å². The Morgan fingerprint density at radius 1 is 1.40 bits per heavy atom. The molecule has 0 fully saturated rings. The highest BCUT2D eigenvalue weighted by molar-refractivity contribution is 5.76. The Bertz CT molecular complexity index is 362. The van der Waals surface area contributed by atoms with Crippen LogP contribution in [0, 0.1) is 11.8 Å². The lowest BCUT2D eigenvalue weighted by Crippen LogP contribution is -2.29. The lowest BCUT2D eigenvalue weighted by Gasteiger charge is -2.16. The largest absolute Gasteiger partial charge is 0.356 e. The summed E-state index contributed by atoms with van der Waals surface area (Å²) in [5.74, 6) is 1.02. The molecule has 0 unspecified atom stereocenters. The number of unbranched alkanes of at least 4 members (excludes halogenated alkanes) is 1. The van der Waals surface area contributed by atoms with E-state index >= 15 is 0 Å². The standard InChI is InChI=1S/C15H28N4O/c1-13(2)9-14(11-16)10-15(20)18-5-3-4-7-19-8-6-17-12-19/h6,8,12-14H,3-5,7,9-11,16H2,1-2H3,(H,18,20)/t14-/m0/s1. The summed E-state index contributed by atoms with van der Waals surface area (Å²) in [5, 5.41) is 2.98. The number of carbonyl (C=O) groups excluding carboxylic acids is 1. The molecular weight excluding hydrogens is 252 g/mol. The van der Waals surface area contributed by atoms with Gasteiger partial charge in [0.2, 0.25) is 5.91 Å². The zero-order valence-electron chi connectivity index (χ0n) is 12.7. The predicted octanol–water partition coefficient (Wildman–Crippen LogP) is 1.79. The molecule has 1 rings (SSSR count). The van der Waals surface area contributed by atoms with Crippen molar-refractivity contribution in [3.63, 3.8) is 0 Å². The summed E-state index contributed by atoms with van der Waals surface area (Å²) >= 11 is 0. The van der Waals surface area contributed by atoms with Gasteiger partial charge in [-0.05, 0) is 37.6 Å². The third-order valence-corrected chi connectivity index (χ3v) is 3.34. The highest BCUT2D eigenvalue weighted by atomic mass is 16.1. The van der Waals surface area contributed by atoms with Gasteiger partial charge in [-0.1, -0.05) is 13.8 Å². The summed E-state index contributed by atoms with van der Waals surface area (Å²) in [6.45, 7) is 6.61. The van der Waals surface area contributed by atoms with Crippen molar-refractivity contribution in [1.29, 1.82) is 0 Å². The monoisotopic (exact) mass is 280 g/mol. The fourth-order valence-corrected chi connectivity index (χ4v) is 2.33. The maximum Gasteiger partial charge on any atom is 0.220 e. The molecule has 1 aromatic rings. The number of carbonyl (C=O) groups is 1. The van der Waals surface area contributed by atoms with E-state index in [1.54, 1.807) is 6.20 Å². The van der Waals surface area contributed by atoms with Crippen LogP contribution in [0.3, 0.4) is 0 Å². The van der Waals surface area contributed by atoms with Gasteiger partial charge in [0.25, 0.3) is 0 Å². The van der Waals surface area contributed by atoms with Crippen LogP contribution in [-0.2, 0) is 11.3 Å². The summed E-state index contributed by atoms with van der Waals surface area (Å²) < 4.78 is 2.05. The van der Waals surface area contributed by atoms with Crippen LogP contribution in [0.1, 0.15) is 39.5 Å². The predicted molar refractivity (Wildman–Crippen MR) is 81.1 cm³/mol. The Labute approximate surface area is 122 Å². The van der Waals surface area contributed by atoms with E-state index in [1.165, 1.54) is 0 Å². The van der Waals surface area contributed by atoms with Crippen molar-refractivity contribution in [2.45, 2.75) is 46.1 Å². The second-order valence-electron chi connectivity index (χ2n) is 5.79. The third kappa shape index (κ3) is 7.28. The fourth-order valence-electron chi connectivity index (χ4n) is 2.33. The zero-order chi connectivity index (χ0) is 14.8. The molecule has 0 aliphatic heterocycles. The van der Waals surface area contributed by atoms with Crippen LogP contribution >= 0.6 is 0 Å². The number of nitrogens with one attached hydrogen (secondary N) is 1. The van der Waals surface area contributed by atoms with Gasteiger partial charge in [0.05, 0.1) is 6.33 Å². The Morgan fingerprint density at radius 3 is 2.80 bits per heavy atom. The molecule has 1 aromatic heterocycles. The van der Waals surface area contributed by atoms with Crippen molar-refractivity contribution < 1.29 is 4.79 Å². The zero-order valence-corrected chi connectivity index (χ0v) is 12.7. The van der Waals surface area contributed by atoms with Gasteiger partial charge in [-0.15, -0.1) is 0 Å². The SMILES string of the molecule is CC(C)C[C@H](CN)CC(=O)NCCCCn1ccnc1. The molecule has 0 aliphatic rings. The van der Waals surface area contributed by atoms with E-state index in [0.29, 0.717) is 24.8 Å². The summed E-state index contributed by atoms with van der Waals surface area (Å²) in [5.41, 5.74) is 5.71. The summed E-state index contributed by atoms with van der Waals surface area (Å²) in [7, 11) is 0. The number of rotatable bonds is 10. The molecule has 5 nitrogen and oxygen atoms in total. The van der Waals surface area contributed by atoms with Gasteiger partial charge < -0.3 is 15.6 Å². The van der Waals surface area contributed by atoms with Crippen LogP contribution in [0.5, 0.6) is 0 Å². The van der Waals surface area contributed by atoms with Crippen LogP contribution in [-0.4, -0.2) is 28.5 Å². The maximum atomic E-state index is 11.8. The third-order valence-electron chi connectivity index (χ3n) is 3.34. The molecule has 0 aliphatic carbocycles. The summed E-state index contributed by atoms with van der Waals surface area (Å²) in [6.07, 6.45) is 9.15. The number of aromatic nitrogens is 2. The van der Waals surface area contributed by atoms with Crippen molar-refractivity contribution in [2.24, 2.45) is 17.6 Å². The Hall–Kier alpha value is -1.36. The lowest BCUT2D eigenvalue weighted by molar-refractivity contribution is -0.122. The average molecular weight is 280 g/mol. The van der Waals surface area contributed by atoms with Crippen molar-refractivity contribution >= 4 is 5.91 Å². The van der Waals surface area contributed by atoms with Crippen LogP contribution < -0.4 is 11.1 Å². The second-order valence-corrected chi connectivity index (χ2v) is 5.79. The quantitative estimate of drug-likeness (QED) is 0.642. The van der Waals surface area contributed by atoms with E-state index in [0.717, 1.165) is 32.4 Å². The highest BCUT2D eigenvalue weighted by Crippen LogP contribution is 2.13. The Morgan fingerprint density at radius 2 is 2.20 bits per heavy atom. The van der Waals surface area contributed by atoms with Crippen LogP contribution in [0.15, 0.2) is 18.7 Å². The van der Waals surface area contributed by atoms with Crippen molar-refractivity contribution in [2.75, 3.05) is 13.1 Å². The van der Waals surface area contributed by atoms with Crippen molar-refractivity contribution in [3.05, 3.63) is 18.7 Å². The molecule has 20 heavy (non-hydrogen) atoms. The minimum absolute atomic E-state index is 0.128. The normalized spacial score (nSPS) is 12.6. The van der Waals surface area contributed by atoms with E-state index in [4.69, 9.17) is 5.73 Å². The van der Waals surface area contributed by atoms with Crippen LogP contribution in [0.2, 0.25) is 0 Å². The number of hydrogen-bond donors (Lipinski definition) is 2. The molecule has 0 saturated carbocycles. The van der Waals surface area contributed by atoms with Gasteiger partial charge in [0.1, 0.15) is 0 Å². The van der Waals surface area contributed by atoms with Gasteiger partial charge in [-0.25, -0.2) is 4.98 Å². The molecule has 0 radical (unpaired) electrons. The van der Waals surface area contributed by atoms with E-state index < -0.39 is 0 Å². The minimum Gasteiger partial charge on any atom is -0.356 e. The number of nitrogens with two attached hydrogens (primary N) is 1. The fraction of sp³-hybridized carbons (Fsp3) is 0.733. The van der Waals surface area contributed by atoms with E-state index in [1.807, 2.05) is 12.5 Å². The molecule has 1 amide bonds. The average Bonchev–Trinajstić information content (AvgIpc) is 2.90. The molecular formula is C15H28N4O. The first-order valence-corrected chi connectivity index (χ1v) is 7.54. The minimum atomic E-state index is 0.128. The van der Waals surface area contributed by atoms with Crippen LogP contribution in [0.25, 0.3) is 0 Å². The molecule has 0 aromatic carbocycles. The molecule has 3 N–H and O–H groups in total. The van der Waals surface area contributed by atoms with E-state index in [9.17, 15) is 4.79 Å². The van der Waals surface area contributed by atoms with Gasteiger partial charge in [0, 0.05) is 31.9 Å².